The molecule has 0 spiro atoms. The first-order chi connectivity index (χ1) is 12.6. The summed E-state index contributed by atoms with van der Waals surface area (Å²) in [7, 11) is 1.61. The summed E-state index contributed by atoms with van der Waals surface area (Å²) < 4.78 is 5.31. The molecule has 0 unspecified atom stereocenters. The summed E-state index contributed by atoms with van der Waals surface area (Å²) in [5.41, 5.74) is 5.20. The summed E-state index contributed by atoms with van der Waals surface area (Å²) in [5, 5.41) is 7.36. The molecular weight excluding hydrogens is 326 g/mol. The molecule has 0 aliphatic heterocycles. The van der Waals surface area contributed by atoms with Gasteiger partial charge in [-0.3, -0.25) is 4.79 Å². The number of ether oxygens (including phenoxy) is 1. The van der Waals surface area contributed by atoms with E-state index < -0.39 is 6.04 Å². The van der Waals surface area contributed by atoms with E-state index in [4.69, 9.17) is 4.74 Å². The number of para-hydroxylation sites is 2. The van der Waals surface area contributed by atoms with Gasteiger partial charge in [0.15, 0.2) is 0 Å². The molecule has 0 heterocycles. The highest BCUT2D eigenvalue weighted by molar-refractivity contribution is 5.97. The Balaban J connectivity index is 1.96. The average molecular weight is 351 g/mol. The fraction of sp³-hybridized carbons (Fsp3) is 0.238. The summed E-state index contributed by atoms with van der Waals surface area (Å²) in [6.45, 7) is 3.78. The van der Waals surface area contributed by atoms with Crippen LogP contribution in [0.15, 0.2) is 65.8 Å². The smallest absolute Gasteiger partial charge is 0.262 e. The molecule has 0 aliphatic carbocycles. The predicted molar refractivity (Wildman–Crippen MR) is 107 cm³/mol. The number of methoxy groups -OCH3 is 1. The van der Waals surface area contributed by atoms with Crippen LogP contribution in [0.5, 0.6) is 5.75 Å². The normalized spacial score (nSPS) is 12.7. The van der Waals surface area contributed by atoms with Crippen molar-refractivity contribution in [2.75, 3.05) is 12.4 Å². The van der Waals surface area contributed by atoms with Crippen LogP contribution in [0.4, 0.5) is 5.69 Å². The van der Waals surface area contributed by atoms with E-state index in [0.29, 0.717) is 17.9 Å². The Kier molecular flexibility index (Phi) is 7.43. The van der Waals surface area contributed by atoms with E-state index in [2.05, 4.69) is 15.8 Å². The second kappa shape index (κ2) is 10.0. The topological polar surface area (TPSA) is 62.7 Å². The highest BCUT2D eigenvalue weighted by atomic mass is 16.5. The lowest BCUT2D eigenvalue weighted by Crippen LogP contribution is -2.37. The van der Waals surface area contributed by atoms with Gasteiger partial charge in [-0.1, -0.05) is 55.5 Å². The van der Waals surface area contributed by atoms with Gasteiger partial charge in [0.1, 0.15) is 11.8 Å². The Hall–Kier alpha value is -3.08. The van der Waals surface area contributed by atoms with Crippen molar-refractivity contribution in [2.45, 2.75) is 26.3 Å². The standard InChI is InChI=1S/C21H25N3O2/c1-4-18(22-19-12-8-9-13-20(19)26-3)21(25)24-23-16(2)14-15-17-10-6-5-7-11-17/h5-15,18,22H,4H2,1-3H3,(H,24,25)/b15-14+,23-16+/t18-/m0/s1. The maximum Gasteiger partial charge on any atom is 0.262 e. The summed E-state index contributed by atoms with van der Waals surface area (Å²) in [6, 6.07) is 17.0. The van der Waals surface area contributed by atoms with Crippen molar-refractivity contribution in [3.63, 3.8) is 0 Å². The van der Waals surface area contributed by atoms with Crippen molar-refractivity contribution in [1.29, 1.82) is 0 Å². The number of hydrogen-bond acceptors (Lipinski definition) is 4. The van der Waals surface area contributed by atoms with Crippen LogP contribution < -0.4 is 15.5 Å². The number of hydrazone groups is 1. The SMILES string of the molecule is CC[C@H](Nc1ccccc1OC)C(=O)N/N=C(C)/C=C/c1ccccc1. The molecule has 0 radical (unpaired) electrons. The van der Waals surface area contributed by atoms with E-state index in [0.717, 1.165) is 11.3 Å². The number of carbonyl (C=O) groups excluding carboxylic acids is 1. The number of anilines is 1. The van der Waals surface area contributed by atoms with Crippen LogP contribution in [0, 0.1) is 0 Å². The monoisotopic (exact) mass is 351 g/mol. The van der Waals surface area contributed by atoms with Crippen LogP contribution in [-0.2, 0) is 4.79 Å². The molecule has 26 heavy (non-hydrogen) atoms. The van der Waals surface area contributed by atoms with Gasteiger partial charge in [0.2, 0.25) is 0 Å². The van der Waals surface area contributed by atoms with Crippen LogP contribution in [0.1, 0.15) is 25.8 Å². The first-order valence-electron chi connectivity index (χ1n) is 8.61. The third-order valence-corrected chi connectivity index (χ3v) is 3.82. The quantitative estimate of drug-likeness (QED) is 0.556. The summed E-state index contributed by atoms with van der Waals surface area (Å²) in [4.78, 5) is 12.4. The Labute approximate surface area is 154 Å². The fourth-order valence-electron chi connectivity index (χ4n) is 2.34. The van der Waals surface area contributed by atoms with Crippen LogP contribution >= 0.6 is 0 Å². The minimum absolute atomic E-state index is 0.189. The van der Waals surface area contributed by atoms with Gasteiger partial charge in [0.25, 0.3) is 5.91 Å². The van der Waals surface area contributed by atoms with Crippen molar-refractivity contribution < 1.29 is 9.53 Å². The molecule has 5 heteroatoms. The van der Waals surface area contributed by atoms with Gasteiger partial charge >= 0.3 is 0 Å². The molecule has 5 nitrogen and oxygen atoms in total. The highest BCUT2D eigenvalue weighted by Gasteiger charge is 2.17. The maximum atomic E-state index is 12.4. The highest BCUT2D eigenvalue weighted by Crippen LogP contribution is 2.24. The first-order valence-corrected chi connectivity index (χ1v) is 8.61. The van der Waals surface area contributed by atoms with Crippen LogP contribution in [-0.4, -0.2) is 24.8 Å². The van der Waals surface area contributed by atoms with Crippen molar-refractivity contribution in [3.05, 3.63) is 66.2 Å². The minimum atomic E-state index is -0.402. The van der Waals surface area contributed by atoms with Gasteiger partial charge in [0.05, 0.1) is 18.5 Å². The molecular formula is C21H25N3O2. The third-order valence-electron chi connectivity index (χ3n) is 3.82. The summed E-state index contributed by atoms with van der Waals surface area (Å²) in [5.74, 6) is 0.509. The Morgan fingerprint density at radius 2 is 1.85 bits per heavy atom. The van der Waals surface area contributed by atoms with E-state index in [-0.39, 0.29) is 5.91 Å². The molecule has 2 aromatic rings. The number of hydrogen-bond donors (Lipinski definition) is 2. The van der Waals surface area contributed by atoms with Gasteiger partial charge in [-0.15, -0.1) is 0 Å². The lowest BCUT2D eigenvalue weighted by Gasteiger charge is -2.18. The molecule has 1 atom stereocenters. The van der Waals surface area contributed by atoms with Gasteiger partial charge in [0, 0.05) is 0 Å². The van der Waals surface area contributed by atoms with Crippen LogP contribution in [0.2, 0.25) is 0 Å². The summed E-state index contributed by atoms with van der Waals surface area (Å²) in [6.07, 6.45) is 4.44. The zero-order chi connectivity index (χ0) is 18.8. The second-order valence-corrected chi connectivity index (χ2v) is 5.78. The van der Waals surface area contributed by atoms with E-state index in [1.807, 2.05) is 80.6 Å². The molecule has 2 N–H and O–H groups in total. The van der Waals surface area contributed by atoms with E-state index in [1.54, 1.807) is 7.11 Å². The summed E-state index contributed by atoms with van der Waals surface area (Å²) >= 11 is 0. The molecule has 0 bridgehead atoms. The molecule has 136 valence electrons. The second-order valence-electron chi connectivity index (χ2n) is 5.78. The fourth-order valence-corrected chi connectivity index (χ4v) is 2.34. The largest absolute Gasteiger partial charge is 0.495 e. The Morgan fingerprint density at radius 3 is 2.54 bits per heavy atom. The average Bonchev–Trinajstić information content (AvgIpc) is 2.69. The van der Waals surface area contributed by atoms with Crippen LogP contribution in [0.3, 0.4) is 0 Å². The maximum absolute atomic E-state index is 12.4. The van der Waals surface area contributed by atoms with Gasteiger partial charge < -0.3 is 10.1 Å². The molecule has 2 rings (SSSR count). The Morgan fingerprint density at radius 1 is 1.15 bits per heavy atom. The lowest BCUT2D eigenvalue weighted by molar-refractivity contribution is -0.121. The number of amides is 1. The molecule has 2 aromatic carbocycles. The zero-order valence-electron chi connectivity index (χ0n) is 15.4. The number of benzene rings is 2. The predicted octanol–water partition coefficient (Wildman–Crippen LogP) is 4.09. The number of allylic oxidation sites excluding steroid dienone is 1. The van der Waals surface area contributed by atoms with E-state index in [1.165, 1.54) is 0 Å². The van der Waals surface area contributed by atoms with Crippen LogP contribution in [0.25, 0.3) is 6.08 Å². The van der Waals surface area contributed by atoms with Gasteiger partial charge in [-0.2, -0.15) is 5.10 Å². The molecule has 0 saturated carbocycles. The van der Waals surface area contributed by atoms with Gasteiger partial charge in [-0.05, 0) is 37.1 Å². The van der Waals surface area contributed by atoms with E-state index in [9.17, 15) is 4.79 Å². The molecule has 0 saturated heterocycles. The minimum Gasteiger partial charge on any atom is -0.495 e. The third kappa shape index (κ3) is 5.77. The Bertz CT molecular complexity index is 770. The van der Waals surface area contributed by atoms with Crippen molar-refractivity contribution in [3.8, 4) is 5.75 Å². The number of nitrogens with zero attached hydrogens (tertiary/aromatic N) is 1. The number of rotatable bonds is 8. The number of nitrogens with one attached hydrogen (secondary N) is 2. The molecule has 0 aliphatic rings. The lowest BCUT2D eigenvalue weighted by atomic mass is 10.2. The molecule has 0 aromatic heterocycles. The first kappa shape index (κ1) is 19.2. The van der Waals surface area contributed by atoms with Gasteiger partial charge in [-0.25, -0.2) is 5.43 Å². The van der Waals surface area contributed by atoms with Crippen molar-refractivity contribution in [2.24, 2.45) is 5.10 Å². The zero-order valence-corrected chi connectivity index (χ0v) is 15.4. The number of carbonyl (C=O) groups is 1. The van der Waals surface area contributed by atoms with E-state index >= 15 is 0 Å². The molecule has 1 amide bonds. The molecule has 0 fully saturated rings. The van der Waals surface area contributed by atoms with Crippen molar-refractivity contribution >= 4 is 23.4 Å². The van der Waals surface area contributed by atoms with Crippen molar-refractivity contribution in [1.82, 2.24) is 5.43 Å².